The van der Waals surface area contributed by atoms with Gasteiger partial charge < -0.3 is 20.0 Å². The molecular formula is C21H20ClF2N5O7S. The summed E-state index contributed by atoms with van der Waals surface area (Å²) < 4.78 is 61.9. The molecule has 16 heteroatoms. The zero-order chi connectivity index (χ0) is 27.2. The maximum absolute atomic E-state index is 14.5. The first kappa shape index (κ1) is 27.8. The van der Waals surface area contributed by atoms with Crippen LogP contribution in [-0.2, 0) is 38.4 Å². The molecule has 0 bridgehead atoms. The molecule has 0 aliphatic carbocycles. The number of anilines is 1. The summed E-state index contributed by atoms with van der Waals surface area (Å²) in [6.07, 6.45) is 1.90. The number of aromatic nitrogens is 3. The summed E-state index contributed by atoms with van der Waals surface area (Å²) in [5, 5.41) is 16.1. The topological polar surface area (TPSA) is 156 Å². The second-order valence-corrected chi connectivity index (χ2v) is 9.04. The Morgan fingerprint density at radius 3 is 2.65 bits per heavy atom. The van der Waals surface area contributed by atoms with Gasteiger partial charge >= 0.3 is 16.3 Å². The molecule has 0 aliphatic rings. The minimum Gasteiger partial charge on any atom is -0.618 e. The SMILES string of the molecule is COS(=O)(=O)Oc1ccccc1CNC(=O)Cn1c(Cl)cnc(NCC(F)(F)c2cccc[n+]2[O-])c1=O. The average Bonchev–Trinajstić information content (AvgIpc) is 2.85. The van der Waals surface area contributed by atoms with Crippen LogP contribution in [0.3, 0.4) is 0 Å². The highest BCUT2D eigenvalue weighted by molar-refractivity contribution is 7.82. The van der Waals surface area contributed by atoms with Crippen molar-refractivity contribution in [3.8, 4) is 5.75 Å². The summed E-state index contributed by atoms with van der Waals surface area (Å²) in [4.78, 5) is 28.9. The summed E-state index contributed by atoms with van der Waals surface area (Å²) in [6, 6.07) is 9.43. The average molecular weight is 560 g/mol. The van der Waals surface area contributed by atoms with Crippen molar-refractivity contribution in [3.05, 3.63) is 86.8 Å². The lowest BCUT2D eigenvalue weighted by atomic mass is 10.2. The highest BCUT2D eigenvalue weighted by atomic mass is 35.5. The standard InChI is InChI=1S/C21H20ClF2N5O7S/c1-35-37(33,34)36-15-7-3-2-6-14(15)10-25-18(30)12-28-17(22)11-26-19(20(28)31)27-13-21(23,24)16-8-4-5-9-29(16)32/h2-9,11H,10,12-13H2,1H3,(H,25,30)(H,26,27). The molecule has 37 heavy (non-hydrogen) atoms. The Kier molecular flexibility index (Phi) is 8.62. The van der Waals surface area contributed by atoms with Crippen LogP contribution in [0.2, 0.25) is 5.15 Å². The molecule has 1 aromatic carbocycles. The number of rotatable bonds is 11. The van der Waals surface area contributed by atoms with Gasteiger partial charge in [0.2, 0.25) is 5.91 Å². The van der Waals surface area contributed by atoms with Gasteiger partial charge in [-0.3, -0.25) is 14.2 Å². The van der Waals surface area contributed by atoms with Crippen LogP contribution in [0.5, 0.6) is 5.75 Å². The number of amides is 1. The van der Waals surface area contributed by atoms with Crippen LogP contribution >= 0.6 is 11.6 Å². The zero-order valence-electron chi connectivity index (χ0n) is 19.1. The molecule has 0 saturated heterocycles. The van der Waals surface area contributed by atoms with Crippen LogP contribution in [0.1, 0.15) is 11.3 Å². The van der Waals surface area contributed by atoms with Crippen LogP contribution in [0.15, 0.2) is 59.7 Å². The lowest BCUT2D eigenvalue weighted by Crippen LogP contribution is -2.41. The molecule has 2 N–H and O–H groups in total. The van der Waals surface area contributed by atoms with E-state index >= 15 is 0 Å². The predicted molar refractivity (Wildman–Crippen MR) is 126 cm³/mol. The smallest absolute Gasteiger partial charge is 0.448 e. The van der Waals surface area contributed by atoms with Crippen LogP contribution in [-0.4, -0.2) is 37.5 Å². The number of hydrogen-bond donors (Lipinski definition) is 2. The van der Waals surface area contributed by atoms with E-state index in [-0.39, 0.29) is 27.7 Å². The maximum Gasteiger partial charge on any atom is 0.448 e. The van der Waals surface area contributed by atoms with Crippen LogP contribution < -0.4 is 25.1 Å². The van der Waals surface area contributed by atoms with Crippen molar-refractivity contribution >= 4 is 33.7 Å². The Hall–Kier alpha value is -3.82. The van der Waals surface area contributed by atoms with Gasteiger partial charge in [0.15, 0.2) is 12.0 Å². The normalized spacial score (nSPS) is 11.7. The van der Waals surface area contributed by atoms with Crippen molar-refractivity contribution in [2.75, 3.05) is 19.0 Å². The summed E-state index contributed by atoms with van der Waals surface area (Å²) >= 11 is 5.98. The minimum atomic E-state index is -4.30. The third kappa shape index (κ3) is 7.12. The highest BCUT2D eigenvalue weighted by Crippen LogP contribution is 2.25. The van der Waals surface area contributed by atoms with Crippen molar-refractivity contribution in [1.29, 1.82) is 0 Å². The number of carbonyl (C=O) groups excluding carboxylic acids is 1. The lowest BCUT2D eigenvalue weighted by molar-refractivity contribution is -0.624. The minimum absolute atomic E-state index is 0.00742. The molecular weight excluding hydrogens is 540 g/mol. The number of halogens is 3. The molecule has 198 valence electrons. The number of alkyl halides is 2. The monoisotopic (exact) mass is 559 g/mol. The number of carbonyl (C=O) groups is 1. The Balaban J connectivity index is 1.70. The van der Waals surface area contributed by atoms with E-state index in [2.05, 4.69) is 19.8 Å². The summed E-state index contributed by atoms with van der Waals surface area (Å²) in [6.45, 7) is -1.92. The van der Waals surface area contributed by atoms with E-state index in [9.17, 15) is 32.0 Å². The van der Waals surface area contributed by atoms with Gasteiger partial charge in [0, 0.05) is 24.2 Å². The Morgan fingerprint density at radius 1 is 1.24 bits per heavy atom. The Labute approximate surface area is 214 Å². The number of benzene rings is 1. The maximum atomic E-state index is 14.5. The van der Waals surface area contributed by atoms with Crippen molar-refractivity contribution in [1.82, 2.24) is 14.9 Å². The molecule has 3 aromatic rings. The number of nitrogens with one attached hydrogen (secondary N) is 2. The Morgan fingerprint density at radius 2 is 1.95 bits per heavy atom. The summed E-state index contributed by atoms with van der Waals surface area (Å²) in [5.41, 5.74) is -1.51. The van der Waals surface area contributed by atoms with Crippen LogP contribution in [0.25, 0.3) is 0 Å². The molecule has 0 aliphatic heterocycles. The molecule has 0 unspecified atom stereocenters. The van der Waals surface area contributed by atoms with E-state index < -0.39 is 52.4 Å². The fourth-order valence-corrected chi connectivity index (χ4v) is 3.64. The van der Waals surface area contributed by atoms with Gasteiger partial charge in [0.05, 0.1) is 19.9 Å². The van der Waals surface area contributed by atoms with E-state index in [0.29, 0.717) is 0 Å². The molecule has 0 fully saturated rings. The molecule has 0 radical (unpaired) electrons. The second kappa shape index (κ2) is 11.5. The van der Waals surface area contributed by atoms with Crippen LogP contribution in [0, 0.1) is 5.21 Å². The number of pyridine rings is 1. The van der Waals surface area contributed by atoms with E-state index in [1.807, 2.05) is 0 Å². The Bertz CT molecular complexity index is 1450. The molecule has 0 saturated carbocycles. The number of para-hydroxylation sites is 1. The molecule has 1 amide bonds. The van der Waals surface area contributed by atoms with Crippen LogP contribution in [0.4, 0.5) is 14.6 Å². The van der Waals surface area contributed by atoms with Gasteiger partial charge in [-0.15, -0.1) is 0 Å². The molecule has 12 nitrogen and oxygen atoms in total. The van der Waals surface area contributed by atoms with E-state index in [4.69, 9.17) is 15.8 Å². The first-order valence-corrected chi connectivity index (χ1v) is 12.0. The lowest BCUT2D eigenvalue weighted by Gasteiger charge is -2.17. The fraction of sp³-hybridized carbons (Fsp3) is 0.238. The van der Waals surface area contributed by atoms with Crippen molar-refractivity contribution in [3.63, 3.8) is 0 Å². The largest absolute Gasteiger partial charge is 0.618 e. The second-order valence-electron chi connectivity index (χ2n) is 7.33. The fourth-order valence-electron chi connectivity index (χ4n) is 3.00. The van der Waals surface area contributed by atoms with Gasteiger partial charge in [-0.2, -0.15) is 21.9 Å². The van der Waals surface area contributed by atoms with Gasteiger partial charge in [0.1, 0.15) is 17.4 Å². The molecule has 0 atom stereocenters. The summed E-state index contributed by atoms with van der Waals surface area (Å²) in [7, 11) is -3.38. The zero-order valence-corrected chi connectivity index (χ0v) is 20.6. The van der Waals surface area contributed by atoms with E-state index in [1.165, 1.54) is 30.3 Å². The van der Waals surface area contributed by atoms with E-state index in [1.54, 1.807) is 6.07 Å². The molecule has 2 aromatic heterocycles. The first-order valence-electron chi connectivity index (χ1n) is 10.3. The van der Waals surface area contributed by atoms with Gasteiger partial charge in [-0.1, -0.05) is 29.8 Å². The van der Waals surface area contributed by atoms with Crippen molar-refractivity contribution in [2.24, 2.45) is 0 Å². The summed E-state index contributed by atoms with van der Waals surface area (Å²) in [5.74, 6) is -4.97. The van der Waals surface area contributed by atoms with Crippen molar-refractivity contribution < 1.29 is 35.1 Å². The molecule has 0 spiro atoms. The van der Waals surface area contributed by atoms with Gasteiger partial charge in [-0.05, 0) is 12.1 Å². The van der Waals surface area contributed by atoms with Crippen molar-refractivity contribution in [2.45, 2.75) is 19.0 Å². The number of hydrogen-bond acceptors (Lipinski definition) is 9. The highest BCUT2D eigenvalue weighted by Gasteiger charge is 2.39. The quantitative estimate of drug-likeness (QED) is 0.261. The molecule has 3 rings (SSSR count). The van der Waals surface area contributed by atoms with Gasteiger partial charge in [-0.25, -0.2) is 9.17 Å². The number of nitrogens with zero attached hydrogens (tertiary/aromatic N) is 3. The van der Waals surface area contributed by atoms with Gasteiger partial charge in [0.25, 0.3) is 11.3 Å². The predicted octanol–water partition coefficient (Wildman–Crippen LogP) is 1.32. The molecule has 2 heterocycles. The van der Waals surface area contributed by atoms with E-state index in [0.717, 1.165) is 30.1 Å². The first-order chi connectivity index (χ1) is 17.4. The third-order valence-electron chi connectivity index (χ3n) is 4.83. The third-order valence-corrected chi connectivity index (χ3v) is 5.92.